The minimum absolute atomic E-state index is 0.0551. The largest absolute Gasteiger partial charge is 0.390 e. The molecule has 4 rings (SSSR count). The first-order valence-electron chi connectivity index (χ1n) is 10.1. The average Bonchev–Trinajstić information content (AvgIpc) is 3.02. The summed E-state index contributed by atoms with van der Waals surface area (Å²) in [6, 6.07) is 16.2. The van der Waals surface area contributed by atoms with Crippen LogP contribution in [0.15, 0.2) is 48.5 Å². The van der Waals surface area contributed by atoms with Gasteiger partial charge in [-0.2, -0.15) is 4.31 Å². The highest BCUT2D eigenvalue weighted by atomic mass is 32.2. The number of rotatable bonds is 7. The molecule has 7 heteroatoms. The summed E-state index contributed by atoms with van der Waals surface area (Å²) < 4.78 is 33.8. The van der Waals surface area contributed by atoms with Crippen molar-refractivity contribution in [3.05, 3.63) is 48.5 Å². The Balaban J connectivity index is 1.57. The number of aliphatic hydroxyl groups excluding tert-OH is 1. The fraction of sp³-hybridized carbons (Fsp3) is 0.455. The topological polar surface area (TPSA) is 71.8 Å². The minimum atomic E-state index is -3.44. The van der Waals surface area contributed by atoms with Gasteiger partial charge in [0.05, 0.1) is 25.0 Å². The summed E-state index contributed by atoms with van der Waals surface area (Å²) in [4.78, 5) is 0. The Kier molecular flexibility index (Phi) is 5.92. The molecule has 2 atom stereocenters. The Bertz CT molecular complexity index is 1030. The van der Waals surface area contributed by atoms with Crippen molar-refractivity contribution in [1.29, 1.82) is 0 Å². The van der Waals surface area contributed by atoms with E-state index in [0.717, 1.165) is 41.1 Å². The number of aliphatic hydroxyl groups is 1. The minimum Gasteiger partial charge on any atom is -0.390 e. The van der Waals surface area contributed by atoms with Gasteiger partial charge in [-0.3, -0.25) is 0 Å². The number of fused-ring (bicyclic) bond motifs is 3. The second-order valence-electron chi connectivity index (χ2n) is 7.87. The average molecular weight is 417 g/mol. The number of hydrogen-bond donors (Lipinski definition) is 1. The maximum Gasteiger partial charge on any atom is 0.211 e. The summed E-state index contributed by atoms with van der Waals surface area (Å²) >= 11 is 0. The quantitative estimate of drug-likeness (QED) is 0.643. The van der Waals surface area contributed by atoms with Crippen LogP contribution < -0.4 is 0 Å². The van der Waals surface area contributed by atoms with Gasteiger partial charge in [0.15, 0.2) is 0 Å². The Hall–Kier alpha value is -1.93. The normalized spacial score (nSPS) is 19.2. The number of hydrogen-bond acceptors (Lipinski definition) is 4. The summed E-state index contributed by atoms with van der Waals surface area (Å²) in [5, 5.41) is 13.1. The summed E-state index contributed by atoms with van der Waals surface area (Å²) in [5.74, 6) is 0. The third-order valence-corrected chi connectivity index (χ3v) is 6.87. The van der Waals surface area contributed by atoms with Gasteiger partial charge < -0.3 is 14.4 Å². The van der Waals surface area contributed by atoms with Crippen LogP contribution in [0.4, 0.5) is 0 Å². The summed E-state index contributed by atoms with van der Waals surface area (Å²) in [6.07, 6.45) is 3.20. The highest BCUT2D eigenvalue weighted by molar-refractivity contribution is 7.88. The van der Waals surface area contributed by atoms with Crippen molar-refractivity contribution in [3.8, 4) is 0 Å². The molecule has 0 saturated carbocycles. The van der Waals surface area contributed by atoms with E-state index < -0.39 is 16.1 Å². The van der Waals surface area contributed by atoms with E-state index in [1.807, 2.05) is 36.4 Å². The number of aromatic nitrogens is 1. The molecule has 0 amide bonds. The van der Waals surface area contributed by atoms with E-state index in [2.05, 4.69) is 16.7 Å². The van der Waals surface area contributed by atoms with Crippen molar-refractivity contribution < 1.29 is 18.3 Å². The molecular weight excluding hydrogens is 388 g/mol. The highest BCUT2D eigenvalue weighted by Crippen LogP contribution is 2.29. The van der Waals surface area contributed by atoms with E-state index in [9.17, 15) is 13.5 Å². The van der Waals surface area contributed by atoms with Crippen molar-refractivity contribution >= 4 is 31.8 Å². The lowest BCUT2D eigenvalue weighted by Crippen LogP contribution is -2.43. The van der Waals surface area contributed by atoms with Gasteiger partial charge in [-0.05, 0) is 31.4 Å². The van der Waals surface area contributed by atoms with E-state index in [-0.39, 0.29) is 12.6 Å². The third-order valence-electron chi connectivity index (χ3n) is 5.64. The lowest BCUT2D eigenvalue weighted by molar-refractivity contribution is 0.00140. The van der Waals surface area contributed by atoms with Gasteiger partial charge in [-0.1, -0.05) is 36.4 Å². The zero-order valence-corrected chi connectivity index (χ0v) is 17.5. The highest BCUT2D eigenvalue weighted by Gasteiger charge is 2.26. The Labute approximate surface area is 171 Å². The first kappa shape index (κ1) is 20.3. The molecule has 0 bridgehead atoms. The number of nitrogens with zero attached hydrogens (tertiary/aromatic N) is 2. The molecule has 1 aliphatic rings. The van der Waals surface area contributed by atoms with E-state index in [4.69, 9.17) is 4.74 Å². The predicted molar refractivity (Wildman–Crippen MR) is 115 cm³/mol. The molecule has 2 aromatic carbocycles. The smallest absolute Gasteiger partial charge is 0.211 e. The van der Waals surface area contributed by atoms with Gasteiger partial charge in [0.2, 0.25) is 10.0 Å². The number of ether oxygens (including phenoxy) is 1. The van der Waals surface area contributed by atoms with Crippen LogP contribution >= 0.6 is 0 Å². The molecule has 6 nitrogen and oxygen atoms in total. The van der Waals surface area contributed by atoms with Crippen LogP contribution in [-0.4, -0.2) is 60.6 Å². The summed E-state index contributed by atoms with van der Waals surface area (Å²) in [5.41, 5.74) is 2.07. The maximum atomic E-state index is 12.3. The molecule has 2 unspecified atom stereocenters. The molecule has 0 aliphatic carbocycles. The zero-order chi connectivity index (χ0) is 20.4. The summed E-state index contributed by atoms with van der Waals surface area (Å²) in [6.45, 7) is 1.35. The Morgan fingerprint density at radius 1 is 1.10 bits per heavy atom. The van der Waals surface area contributed by atoms with Gasteiger partial charge in [-0.25, -0.2) is 8.42 Å². The molecular formula is C22H28N2O4S. The van der Waals surface area contributed by atoms with Crippen LogP contribution in [0.1, 0.15) is 19.3 Å². The molecule has 2 heterocycles. The molecule has 1 N–H and O–H groups in total. The van der Waals surface area contributed by atoms with Crippen molar-refractivity contribution in [3.63, 3.8) is 0 Å². The monoisotopic (exact) mass is 416 g/mol. The van der Waals surface area contributed by atoms with Crippen molar-refractivity contribution in [2.75, 3.05) is 26.0 Å². The van der Waals surface area contributed by atoms with E-state index in [0.29, 0.717) is 19.7 Å². The van der Waals surface area contributed by atoms with Crippen LogP contribution in [0.5, 0.6) is 0 Å². The molecule has 29 heavy (non-hydrogen) atoms. The van der Waals surface area contributed by atoms with Crippen molar-refractivity contribution in [1.82, 2.24) is 8.87 Å². The fourth-order valence-corrected chi connectivity index (χ4v) is 5.11. The van der Waals surface area contributed by atoms with Gasteiger partial charge >= 0.3 is 0 Å². The van der Waals surface area contributed by atoms with E-state index in [1.165, 1.54) is 10.6 Å². The van der Waals surface area contributed by atoms with Crippen LogP contribution in [0.2, 0.25) is 0 Å². The second kappa shape index (κ2) is 8.44. The van der Waals surface area contributed by atoms with Gasteiger partial charge in [0.25, 0.3) is 0 Å². The van der Waals surface area contributed by atoms with Crippen LogP contribution in [0.3, 0.4) is 0 Å². The maximum absolute atomic E-state index is 12.3. The number of benzene rings is 2. The molecule has 0 spiro atoms. The molecule has 1 saturated heterocycles. The number of para-hydroxylation sites is 2. The second-order valence-corrected chi connectivity index (χ2v) is 9.85. The Morgan fingerprint density at radius 3 is 2.28 bits per heavy atom. The van der Waals surface area contributed by atoms with Crippen LogP contribution in [0, 0.1) is 0 Å². The van der Waals surface area contributed by atoms with Crippen molar-refractivity contribution in [2.45, 2.75) is 38.0 Å². The number of sulfonamides is 1. The molecule has 0 radical (unpaired) electrons. The lowest BCUT2D eigenvalue weighted by Gasteiger charge is -2.30. The van der Waals surface area contributed by atoms with Crippen molar-refractivity contribution in [2.24, 2.45) is 0 Å². The predicted octanol–water partition coefficient (Wildman–Crippen LogP) is 2.99. The first-order chi connectivity index (χ1) is 13.9. The fourth-order valence-electron chi connectivity index (χ4n) is 4.23. The molecule has 1 fully saturated rings. The molecule has 156 valence electrons. The van der Waals surface area contributed by atoms with Gasteiger partial charge in [0, 0.05) is 41.5 Å². The lowest BCUT2D eigenvalue weighted by atomic mass is 10.1. The van der Waals surface area contributed by atoms with Gasteiger partial charge in [0.1, 0.15) is 0 Å². The summed E-state index contributed by atoms with van der Waals surface area (Å²) in [7, 11) is -3.44. The van der Waals surface area contributed by atoms with Crippen LogP contribution in [-0.2, 0) is 21.3 Å². The molecule has 1 aromatic heterocycles. The van der Waals surface area contributed by atoms with E-state index in [1.54, 1.807) is 0 Å². The van der Waals surface area contributed by atoms with Gasteiger partial charge in [-0.15, -0.1) is 0 Å². The third kappa shape index (κ3) is 4.48. The standard InChI is InChI=1S/C22H28N2O4S/c1-29(26,27)23(16-18-8-6-7-13-28-18)14-17(25)15-24-21-11-4-2-9-19(21)20-10-3-5-12-22(20)24/h2-5,9-12,17-18,25H,6-8,13-16H2,1H3. The SMILES string of the molecule is CS(=O)(=O)N(CC(O)Cn1c2ccccc2c2ccccc21)CC1CCCCO1. The molecule has 1 aliphatic heterocycles. The molecule has 3 aromatic rings. The zero-order valence-electron chi connectivity index (χ0n) is 16.7. The van der Waals surface area contributed by atoms with Crippen LogP contribution in [0.25, 0.3) is 21.8 Å². The first-order valence-corrected chi connectivity index (χ1v) is 12.0. The van der Waals surface area contributed by atoms with E-state index >= 15 is 0 Å². The Morgan fingerprint density at radius 2 is 1.72 bits per heavy atom.